The van der Waals surface area contributed by atoms with E-state index in [9.17, 15) is 4.79 Å². The fourth-order valence-corrected chi connectivity index (χ4v) is 1.23. The highest BCUT2D eigenvalue weighted by atomic mass is 35.5. The molecule has 94 valence electrons. The maximum Gasteiger partial charge on any atom is 0.407 e. The summed E-state index contributed by atoms with van der Waals surface area (Å²) in [6, 6.07) is 9.57. The SMILES string of the molecule is CC(C)(CCl)CNC(=O)OCc1ccccc1. The van der Waals surface area contributed by atoms with Crippen molar-refractivity contribution >= 4 is 17.7 Å². The molecule has 0 atom stereocenters. The minimum atomic E-state index is -0.410. The van der Waals surface area contributed by atoms with Crippen LogP contribution >= 0.6 is 11.6 Å². The van der Waals surface area contributed by atoms with Crippen LogP contribution in [0.5, 0.6) is 0 Å². The topological polar surface area (TPSA) is 38.3 Å². The number of rotatable bonds is 5. The van der Waals surface area contributed by atoms with Crippen LogP contribution in [0.2, 0.25) is 0 Å². The Kier molecular flexibility index (Phi) is 5.29. The fourth-order valence-electron chi connectivity index (χ4n) is 1.13. The molecule has 0 saturated carbocycles. The molecular formula is C13H18ClNO2. The maximum atomic E-state index is 11.4. The molecule has 0 aliphatic carbocycles. The molecule has 1 N–H and O–H groups in total. The van der Waals surface area contributed by atoms with Crippen molar-refractivity contribution in [3.05, 3.63) is 35.9 Å². The first-order valence-electron chi connectivity index (χ1n) is 5.54. The number of alkyl carbamates (subject to hydrolysis) is 1. The van der Waals surface area contributed by atoms with Crippen molar-refractivity contribution in [3.8, 4) is 0 Å². The quantitative estimate of drug-likeness (QED) is 0.821. The Labute approximate surface area is 107 Å². The van der Waals surface area contributed by atoms with Crippen molar-refractivity contribution in [1.29, 1.82) is 0 Å². The van der Waals surface area contributed by atoms with Gasteiger partial charge in [-0.25, -0.2) is 4.79 Å². The zero-order chi connectivity index (χ0) is 12.7. The Morgan fingerprint density at radius 1 is 1.35 bits per heavy atom. The number of alkyl halides is 1. The molecule has 0 saturated heterocycles. The number of carbonyl (C=O) groups is 1. The molecule has 0 heterocycles. The average molecular weight is 256 g/mol. The lowest BCUT2D eigenvalue weighted by Gasteiger charge is -2.21. The fraction of sp³-hybridized carbons (Fsp3) is 0.462. The van der Waals surface area contributed by atoms with Crippen molar-refractivity contribution < 1.29 is 9.53 Å². The zero-order valence-electron chi connectivity index (χ0n) is 10.2. The number of ether oxygens (including phenoxy) is 1. The smallest absolute Gasteiger partial charge is 0.407 e. The molecule has 0 fully saturated rings. The number of carbonyl (C=O) groups excluding carboxylic acids is 1. The highest BCUT2D eigenvalue weighted by molar-refractivity contribution is 6.18. The van der Waals surface area contributed by atoms with Gasteiger partial charge in [0.15, 0.2) is 0 Å². The molecule has 0 radical (unpaired) electrons. The van der Waals surface area contributed by atoms with E-state index in [0.717, 1.165) is 5.56 Å². The lowest BCUT2D eigenvalue weighted by molar-refractivity contribution is 0.136. The van der Waals surface area contributed by atoms with Crippen molar-refractivity contribution in [2.45, 2.75) is 20.5 Å². The van der Waals surface area contributed by atoms with E-state index in [1.54, 1.807) is 0 Å². The van der Waals surface area contributed by atoms with Gasteiger partial charge in [-0.3, -0.25) is 0 Å². The van der Waals surface area contributed by atoms with E-state index in [0.29, 0.717) is 12.4 Å². The van der Waals surface area contributed by atoms with Gasteiger partial charge in [0.1, 0.15) is 6.61 Å². The predicted octanol–water partition coefficient (Wildman–Crippen LogP) is 3.18. The van der Waals surface area contributed by atoms with Gasteiger partial charge >= 0.3 is 6.09 Å². The first kappa shape index (κ1) is 13.8. The van der Waals surface area contributed by atoms with Crippen LogP contribution in [0.15, 0.2) is 30.3 Å². The number of nitrogens with one attached hydrogen (secondary N) is 1. The van der Waals surface area contributed by atoms with Crippen LogP contribution in [0, 0.1) is 5.41 Å². The lowest BCUT2D eigenvalue weighted by Crippen LogP contribution is -2.35. The number of hydrogen-bond acceptors (Lipinski definition) is 2. The molecule has 0 unspecified atom stereocenters. The molecule has 0 bridgehead atoms. The summed E-state index contributed by atoms with van der Waals surface area (Å²) in [5.41, 5.74) is 0.854. The third-order valence-electron chi connectivity index (χ3n) is 2.29. The normalized spacial score (nSPS) is 11.0. The Morgan fingerprint density at radius 2 is 2.00 bits per heavy atom. The second-order valence-electron chi connectivity index (χ2n) is 4.71. The third-order valence-corrected chi connectivity index (χ3v) is 3.01. The van der Waals surface area contributed by atoms with Gasteiger partial charge in [0.05, 0.1) is 0 Å². The molecule has 3 nitrogen and oxygen atoms in total. The highest BCUT2D eigenvalue weighted by Gasteiger charge is 2.17. The average Bonchev–Trinajstić information content (AvgIpc) is 2.35. The van der Waals surface area contributed by atoms with Gasteiger partial charge in [-0.1, -0.05) is 44.2 Å². The summed E-state index contributed by atoms with van der Waals surface area (Å²) in [5.74, 6) is 0.492. The van der Waals surface area contributed by atoms with Crippen LogP contribution in [0.1, 0.15) is 19.4 Å². The maximum absolute atomic E-state index is 11.4. The summed E-state index contributed by atoms with van der Waals surface area (Å²) < 4.78 is 5.07. The van der Waals surface area contributed by atoms with Crippen molar-refractivity contribution in [3.63, 3.8) is 0 Å². The van der Waals surface area contributed by atoms with Crippen LogP contribution in [0.3, 0.4) is 0 Å². The minimum absolute atomic E-state index is 0.118. The summed E-state index contributed by atoms with van der Waals surface area (Å²) in [6.07, 6.45) is -0.410. The molecule has 1 amide bonds. The second-order valence-corrected chi connectivity index (χ2v) is 4.98. The summed E-state index contributed by atoms with van der Waals surface area (Å²) in [7, 11) is 0. The van der Waals surface area contributed by atoms with E-state index in [4.69, 9.17) is 16.3 Å². The number of halogens is 1. The molecule has 0 aliphatic rings. The molecule has 1 rings (SSSR count). The van der Waals surface area contributed by atoms with E-state index in [1.165, 1.54) is 0 Å². The Hall–Kier alpha value is -1.22. The Morgan fingerprint density at radius 3 is 2.59 bits per heavy atom. The molecule has 17 heavy (non-hydrogen) atoms. The monoisotopic (exact) mass is 255 g/mol. The predicted molar refractivity (Wildman–Crippen MR) is 69.1 cm³/mol. The molecular weight excluding hydrogens is 238 g/mol. The van der Waals surface area contributed by atoms with Gasteiger partial charge in [0.25, 0.3) is 0 Å². The van der Waals surface area contributed by atoms with Gasteiger partial charge in [-0.15, -0.1) is 11.6 Å². The van der Waals surface area contributed by atoms with E-state index < -0.39 is 6.09 Å². The first-order valence-corrected chi connectivity index (χ1v) is 6.07. The molecule has 1 aromatic rings. The highest BCUT2D eigenvalue weighted by Crippen LogP contribution is 2.15. The van der Waals surface area contributed by atoms with E-state index in [1.807, 2.05) is 44.2 Å². The van der Waals surface area contributed by atoms with Crippen molar-refractivity contribution in [2.24, 2.45) is 5.41 Å². The van der Waals surface area contributed by atoms with Gasteiger partial charge < -0.3 is 10.1 Å². The number of amides is 1. The summed E-state index contributed by atoms with van der Waals surface area (Å²) in [6.45, 7) is 4.76. The standard InChI is InChI=1S/C13H18ClNO2/c1-13(2,9-14)10-15-12(16)17-8-11-6-4-3-5-7-11/h3-7H,8-10H2,1-2H3,(H,15,16). The van der Waals surface area contributed by atoms with E-state index in [-0.39, 0.29) is 12.0 Å². The minimum Gasteiger partial charge on any atom is -0.445 e. The molecule has 0 spiro atoms. The van der Waals surface area contributed by atoms with Crippen LogP contribution in [-0.2, 0) is 11.3 Å². The van der Waals surface area contributed by atoms with Crippen molar-refractivity contribution in [1.82, 2.24) is 5.32 Å². The Balaban J connectivity index is 2.27. The summed E-state index contributed by atoms with van der Waals surface area (Å²) in [5, 5.41) is 2.70. The lowest BCUT2D eigenvalue weighted by atomic mass is 9.97. The number of hydrogen-bond donors (Lipinski definition) is 1. The number of benzene rings is 1. The van der Waals surface area contributed by atoms with E-state index in [2.05, 4.69) is 5.32 Å². The van der Waals surface area contributed by atoms with Gasteiger partial charge in [-0.2, -0.15) is 0 Å². The molecule has 0 aliphatic heterocycles. The Bertz CT molecular complexity index is 352. The van der Waals surface area contributed by atoms with Crippen LogP contribution < -0.4 is 5.32 Å². The molecule has 0 aromatic heterocycles. The van der Waals surface area contributed by atoms with Crippen LogP contribution in [0.25, 0.3) is 0 Å². The van der Waals surface area contributed by atoms with Crippen LogP contribution in [-0.4, -0.2) is 18.5 Å². The van der Waals surface area contributed by atoms with Crippen molar-refractivity contribution in [2.75, 3.05) is 12.4 Å². The van der Waals surface area contributed by atoms with Gasteiger partial charge in [0, 0.05) is 12.4 Å². The first-order chi connectivity index (χ1) is 8.03. The largest absolute Gasteiger partial charge is 0.445 e. The molecule has 4 heteroatoms. The van der Waals surface area contributed by atoms with E-state index >= 15 is 0 Å². The zero-order valence-corrected chi connectivity index (χ0v) is 11.0. The summed E-state index contributed by atoms with van der Waals surface area (Å²) >= 11 is 5.76. The summed E-state index contributed by atoms with van der Waals surface area (Å²) in [4.78, 5) is 11.4. The van der Waals surface area contributed by atoms with Crippen LogP contribution in [0.4, 0.5) is 4.79 Å². The molecule has 1 aromatic carbocycles. The third kappa shape index (κ3) is 5.59. The van der Waals surface area contributed by atoms with Gasteiger partial charge in [-0.05, 0) is 11.0 Å². The second kappa shape index (κ2) is 6.50. The van der Waals surface area contributed by atoms with Gasteiger partial charge in [0.2, 0.25) is 0 Å².